The lowest BCUT2D eigenvalue weighted by atomic mass is 9.65. The summed E-state index contributed by atoms with van der Waals surface area (Å²) >= 11 is 0. The molecule has 0 aromatic carbocycles. The number of aliphatic hydroxyl groups excluding tert-OH is 5. The summed E-state index contributed by atoms with van der Waals surface area (Å²) in [7, 11) is 0. The van der Waals surface area contributed by atoms with Crippen LogP contribution in [0.4, 0.5) is 0 Å². The molecule has 12 nitrogen and oxygen atoms in total. The Morgan fingerprint density at radius 3 is 2.35 bits per heavy atom. The number of carboxylic acid groups (broad SMARTS) is 1. The normalized spacial score (nSPS) is 35.7. The van der Waals surface area contributed by atoms with Crippen LogP contribution in [0.15, 0.2) is 23.8 Å². The summed E-state index contributed by atoms with van der Waals surface area (Å²) in [6, 6.07) is 0. The third kappa shape index (κ3) is 8.64. The molecule has 12 atom stereocenters. The number of fused-ring (bicyclic) bond motifs is 1. The molecule has 0 bridgehead atoms. The summed E-state index contributed by atoms with van der Waals surface area (Å²) in [5.41, 5.74) is 0.533. The number of rotatable bonds is 12. The molecule has 3 aliphatic rings. The van der Waals surface area contributed by atoms with E-state index in [-0.39, 0.29) is 42.2 Å². The SMILES string of the molecule is CCC(C)(C)C(=O)OC1CC(C)C=C2C=CC(C)C(CCC(O)CC(O)CC(=O)OC3OC(C(=O)O)C(O)C(O)C3O)C21. The highest BCUT2D eigenvalue weighted by Gasteiger charge is 2.49. The lowest BCUT2D eigenvalue weighted by Gasteiger charge is -2.44. The number of ether oxygens (including phenoxy) is 3. The Morgan fingerprint density at radius 1 is 1.05 bits per heavy atom. The number of esters is 2. The Morgan fingerprint density at radius 2 is 1.72 bits per heavy atom. The predicted molar refractivity (Wildman–Crippen MR) is 152 cm³/mol. The second kappa shape index (κ2) is 14.6. The van der Waals surface area contributed by atoms with Crippen molar-refractivity contribution < 1.29 is 59.2 Å². The topological polar surface area (TPSA) is 200 Å². The van der Waals surface area contributed by atoms with Crippen molar-refractivity contribution in [2.24, 2.45) is 29.1 Å². The third-order valence-corrected chi connectivity index (χ3v) is 9.13. The van der Waals surface area contributed by atoms with Gasteiger partial charge in [0.1, 0.15) is 24.4 Å². The molecule has 12 unspecified atom stereocenters. The van der Waals surface area contributed by atoms with Gasteiger partial charge in [-0.3, -0.25) is 9.59 Å². The smallest absolute Gasteiger partial charge is 0.335 e. The molecule has 0 saturated carbocycles. The Kier molecular flexibility index (Phi) is 11.9. The molecule has 2 aliphatic carbocycles. The van der Waals surface area contributed by atoms with Gasteiger partial charge in [-0.05, 0) is 69.3 Å². The molecule has 3 rings (SSSR count). The maximum atomic E-state index is 13.0. The fourth-order valence-corrected chi connectivity index (χ4v) is 6.08. The lowest BCUT2D eigenvalue weighted by Crippen LogP contribution is -2.60. The minimum atomic E-state index is -1.93. The second-order valence-corrected chi connectivity index (χ2v) is 13.0. The first-order chi connectivity index (χ1) is 20.0. The lowest BCUT2D eigenvalue weighted by molar-refractivity contribution is -0.286. The van der Waals surface area contributed by atoms with Crippen LogP contribution >= 0.6 is 0 Å². The minimum absolute atomic E-state index is 0.0228. The highest BCUT2D eigenvalue weighted by molar-refractivity contribution is 5.76. The summed E-state index contributed by atoms with van der Waals surface area (Å²) < 4.78 is 16.0. The van der Waals surface area contributed by atoms with Crippen molar-refractivity contribution in [3.05, 3.63) is 23.8 Å². The highest BCUT2D eigenvalue weighted by Crippen LogP contribution is 2.45. The third-order valence-electron chi connectivity index (χ3n) is 9.13. The standard InChI is InChI=1S/C31H48O12/c1-6-31(4,5)30(40)41-21-12-15(2)11-17-8-7-16(3)20(23(17)21)10-9-18(32)13-19(33)14-22(34)42-29-26(37)24(35)25(36)27(43-29)28(38)39/h7-8,11,15-16,18-21,23-27,29,32-33,35-37H,6,9-10,12-14H2,1-5H3,(H,38,39). The molecular formula is C31H48O12. The molecule has 244 valence electrons. The monoisotopic (exact) mass is 612 g/mol. The van der Waals surface area contributed by atoms with Crippen molar-refractivity contribution >= 4 is 17.9 Å². The van der Waals surface area contributed by atoms with Gasteiger partial charge in [0, 0.05) is 5.92 Å². The van der Waals surface area contributed by atoms with Crippen molar-refractivity contribution in [2.45, 2.75) is 122 Å². The van der Waals surface area contributed by atoms with E-state index in [1.807, 2.05) is 20.8 Å². The fraction of sp³-hybridized carbons (Fsp3) is 0.774. The van der Waals surface area contributed by atoms with Gasteiger partial charge in [-0.25, -0.2) is 4.79 Å². The highest BCUT2D eigenvalue weighted by atomic mass is 16.7. The zero-order valence-corrected chi connectivity index (χ0v) is 25.5. The molecule has 1 saturated heterocycles. The van der Waals surface area contributed by atoms with Gasteiger partial charge < -0.3 is 44.8 Å². The number of carbonyl (C=O) groups is 3. The molecule has 0 amide bonds. The maximum absolute atomic E-state index is 13.0. The summed E-state index contributed by atoms with van der Waals surface area (Å²) in [6.45, 7) is 9.90. The average Bonchev–Trinajstić information content (AvgIpc) is 2.92. The number of carboxylic acids is 1. The number of hydrogen-bond acceptors (Lipinski definition) is 11. The van der Waals surface area contributed by atoms with E-state index in [2.05, 4.69) is 32.1 Å². The van der Waals surface area contributed by atoms with E-state index in [4.69, 9.17) is 19.3 Å². The van der Waals surface area contributed by atoms with Crippen LogP contribution in [-0.2, 0) is 28.6 Å². The largest absolute Gasteiger partial charge is 0.479 e. The van der Waals surface area contributed by atoms with Crippen LogP contribution in [0.5, 0.6) is 0 Å². The Labute approximate surface area is 252 Å². The first kappa shape index (κ1) is 35.1. The van der Waals surface area contributed by atoms with Gasteiger partial charge >= 0.3 is 17.9 Å². The van der Waals surface area contributed by atoms with E-state index in [1.165, 1.54) is 0 Å². The Balaban J connectivity index is 1.57. The summed E-state index contributed by atoms with van der Waals surface area (Å²) in [4.78, 5) is 36.6. The zero-order chi connectivity index (χ0) is 32.2. The first-order valence-electron chi connectivity index (χ1n) is 15.1. The van der Waals surface area contributed by atoms with Gasteiger partial charge in [-0.2, -0.15) is 0 Å². The zero-order valence-electron chi connectivity index (χ0n) is 25.5. The predicted octanol–water partition coefficient (Wildman–Crippen LogP) is 1.46. The van der Waals surface area contributed by atoms with Gasteiger partial charge in [0.05, 0.1) is 24.0 Å². The molecule has 1 heterocycles. The molecule has 0 aromatic heterocycles. The number of hydrogen-bond donors (Lipinski definition) is 6. The van der Waals surface area contributed by atoms with Crippen molar-refractivity contribution in [1.29, 1.82) is 0 Å². The van der Waals surface area contributed by atoms with Crippen LogP contribution in [0.3, 0.4) is 0 Å². The Hall–Kier alpha value is -2.35. The molecule has 12 heteroatoms. The van der Waals surface area contributed by atoms with Crippen LogP contribution < -0.4 is 0 Å². The van der Waals surface area contributed by atoms with Gasteiger partial charge in [-0.15, -0.1) is 0 Å². The second-order valence-electron chi connectivity index (χ2n) is 13.0. The van der Waals surface area contributed by atoms with E-state index >= 15 is 0 Å². The van der Waals surface area contributed by atoms with Crippen LogP contribution in [0, 0.1) is 29.1 Å². The van der Waals surface area contributed by atoms with E-state index in [0.717, 1.165) is 5.57 Å². The summed E-state index contributed by atoms with van der Waals surface area (Å²) in [5, 5.41) is 60.0. The molecule has 0 spiro atoms. The molecule has 1 fully saturated rings. The molecule has 6 N–H and O–H groups in total. The number of aliphatic hydroxyl groups is 5. The van der Waals surface area contributed by atoms with Crippen molar-refractivity contribution in [2.75, 3.05) is 0 Å². The van der Waals surface area contributed by atoms with E-state index < -0.39 is 66.7 Å². The van der Waals surface area contributed by atoms with Crippen molar-refractivity contribution in [3.8, 4) is 0 Å². The van der Waals surface area contributed by atoms with E-state index in [9.17, 15) is 39.9 Å². The fourth-order valence-electron chi connectivity index (χ4n) is 6.08. The molecule has 0 radical (unpaired) electrons. The quantitative estimate of drug-likeness (QED) is 0.174. The first-order valence-corrected chi connectivity index (χ1v) is 15.1. The molecule has 43 heavy (non-hydrogen) atoms. The number of allylic oxidation sites excluding steroid dienone is 3. The van der Waals surface area contributed by atoms with Gasteiger partial charge in [0.25, 0.3) is 0 Å². The minimum Gasteiger partial charge on any atom is -0.479 e. The van der Waals surface area contributed by atoms with Crippen molar-refractivity contribution in [1.82, 2.24) is 0 Å². The van der Waals surface area contributed by atoms with Gasteiger partial charge in [0.2, 0.25) is 6.29 Å². The summed E-state index contributed by atoms with van der Waals surface area (Å²) in [5.74, 6) is -2.43. The van der Waals surface area contributed by atoms with Gasteiger partial charge in [-0.1, -0.05) is 39.0 Å². The van der Waals surface area contributed by atoms with Crippen molar-refractivity contribution in [3.63, 3.8) is 0 Å². The average molecular weight is 613 g/mol. The van der Waals surface area contributed by atoms with E-state index in [1.54, 1.807) is 0 Å². The van der Waals surface area contributed by atoms with Crippen LogP contribution in [0.2, 0.25) is 0 Å². The van der Waals surface area contributed by atoms with Crippen LogP contribution in [-0.4, -0.2) is 97.6 Å². The Bertz CT molecular complexity index is 1050. The van der Waals surface area contributed by atoms with Crippen LogP contribution in [0.1, 0.15) is 73.1 Å². The molecular weight excluding hydrogens is 564 g/mol. The van der Waals surface area contributed by atoms with E-state index in [0.29, 0.717) is 25.7 Å². The maximum Gasteiger partial charge on any atom is 0.335 e. The van der Waals surface area contributed by atoms with Gasteiger partial charge in [0.15, 0.2) is 6.10 Å². The summed E-state index contributed by atoms with van der Waals surface area (Å²) in [6.07, 6.45) is -4.12. The number of aliphatic carboxylic acids is 1. The molecule has 0 aromatic rings. The molecule has 1 aliphatic heterocycles. The number of carbonyl (C=O) groups excluding carboxylic acids is 2. The van der Waals surface area contributed by atoms with Crippen LogP contribution in [0.25, 0.3) is 0 Å².